The van der Waals surface area contributed by atoms with Crippen LogP contribution >= 0.6 is 0 Å². The SMILES string of the molecule is CC(C)C[C@H](CN)CC(=O)N(CCO)Cc1ccccc1. The van der Waals surface area contributed by atoms with Crippen molar-refractivity contribution in [2.24, 2.45) is 17.6 Å². The largest absolute Gasteiger partial charge is 0.395 e. The van der Waals surface area contributed by atoms with Crippen LogP contribution in [0.3, 0.4) is 0 Å². The lowest BCUT2D eigenvalue weighted by molar-refractivity contribution is -0.133. The maximum atomic E-state index is 12.4. The first-order valence-electron chi connectivity index (χ1n) is 7.69. The second kappa shape index (κ2) is 9.53. The van der Waals surface area contributed by atoms with E-state index in [-0.39, 0.29) is 18.4 Å². The summed E-state index contributed by atoms with van der Waals surface area (Å²) in [7, 11) is 0. The molecule has 1 atom stereocenters. The second-order valence-electron chi connectivity index (χ2n) is 5.96. The molecule has 3 N–H and O–H groups in total. The molecule has 0 radical (unpaired) electrons. The van der Waals surface area contributed by atoms with Crippen molar-refractivity contribution in [2.45, 2.75) is 33.2 Å². The van der Waals surface area contributed by atoms with Gasteiger partial charge in [0, 0.05) is 19.5 Å². The normalized spacial score (nSPS) is 12.4. The van der Waals surface area contributed by atoms with E-state index in [1.807, 2.05) is 30.3 Å². The molecule has 0 spiro atoms. The van der Waals surface area contributed by atoms with Gasteiger partial charge >= 0.3 is 0 Å². The van der Waals surface area contributed by atoms with Gasteiger partial charge in [0.2, 0.25) is 5.91 Å². The van der Waals surface area contributed by atoms with Crippen LogP contribution in [0.15, 0.2) is 30.3 Å². The topological polar surface area (TPSA) is 66.6 Å². The van der Waals surface area contributed by atoms with Gasteiger partial charge in [0.15, 0.2) is 0 Å². The fourth-order valence-electron chi connectivity index (χ4n) is 2.52. The molecule has 0 saturated carbocycles. The van der Waals surface area contributed by atoms with E-state index in [1.54, 1.807) is 4.90 Å². The quantitative estimate of drug-likeness (QED) is 0.732. The van der Waals surface area contributed by atoms with Crippen LogP contribution in [0.1, 0.15) is 32.3 Å². The molecule has 0 fully saturated rings. The molecular weight excluding hydrogens is 264 g/mol. The maximum Gasteiger partial charge on any atom is 0.223 e. The van der Waals surface area contributed by atoms with Crippen molar-refractivity contribution in [2.75, 3.05) is 19.7 Å². The van der Waals surface area contributed by atoms with E-state index in [9.17, 15) is 9.90 Å². The Morgan fingerprint density at radius 2 is 1.95 bits per heavy atom. The molecule has 0 aromatic heterocycles. The number of amides is 1. The molecule has 4 nitrogen and oxygen atoms in total. The van der Waals surface area contributed by atoms with E-state index in [0.29, 0.717) is 32.0 Å². The molecule has 1 aromatic carbocycles. The van der Waals surface area contributed by atoms with Crippen LogP contribution in [0.4, 0.5) is 0 Å². The van der Waals surface area contributed by atoms with Crippen molar-refractivity contribution in [3.05, 3.63) is 35.9 Å². The number of aliphatic hydroxyl groups is 1. The highest BCUT2D eigenvalue weighted by Crippen LogP contribution is 2.16. The molecule has 4 heteroatoms. The van der Waals surface area contributed by atoms with Gasteiger partial charge in [0.25, 0.3) is 0 Å². The van der Waals surface area contributed by atoms with Gasteiger partial charge in [-0.2, -0.15) is 0 Å². The van der Waals surface area contributed by atoms with Gasteiger partial charge in [-0.05, 0) is 30.4 Å². The van der Waals surface area contributed by atoms with Gasteiger partial charge in [0.05, 0.1) is 6.61 Å². The predicted octanol–water partition coefficient (Wildman–Crippen LogP) is 2.02. The van der Waals surface area contributed by atoms with E-state index in [4.69, 9.17) is 5.73 Å². The van der Waals surface area contributed by atoms with Crippen molar-refractivity contribution in [3.63, 3.8) is 0 Å². The van der Waals surface area contributed by atoms with Gasteiger partial charge in [-0.3, -0.25) is 4.79 Å². The number of aliphatic hydroxyl groups excluding tert-OH is 1. The Bertz CT molecular complexity index is 407. The van der Waals surface area contributed by atoms with E-state index in [2.05, 4.69) is 13.8 Å². The molecule has 118 valence electrons. The molecule has 1 aromatic rings. The number of carbonyl (C=O) groups is 1. The number of hydrogen-bond acceptors (Lipinski definition) is 3. The van der Waals surface area contributed by atoms with Gasteiger partial charge in [-0.15, -0.1) is 0 Å². The fourth-order valence-corrected chi connectivity index (χ4v) is 2.52. The van der Waals surface area contributed by atoms with E-state index in [0.717, 1.165) is 12.0 Å². The average Bonchev–Trinajstić information content (AvgIpc) is 2.46. The summed E-state index contributed by atoms with van der Waals surface area (Å²) in [5.74, 6) is 0.824. The molecule has 0 unspecified atom stereocenters. The minimum absolute atomic E-state index is 0.0178. The third kappa shape index (κ3) is 6.74. The Kier molecular flexibility index (Phi) is 8.01. The molecule has 0 aliphatic heterocycles. The summed E-state index contributed by atoms with van der Waals surface area (Å²) in [6, 6.07) is 9.85. The summed E-state index contributed by atoms with van der Waals surface area (Å²) in [5.41, 5.74) is 6.85. The smallest absolute Gasteiger partial charge is 0.223 e. The van der Waals surface area contributed by atoms with Crippen LogP contribution in [-0.2, 0) is 11.3 Å². The predicted molar refractivity (Wildman–Crippen MR) is 85.6 cm³/mol. The highest BCUT2D eigenvalue weighted by molar-refractivity contribution is 5.76. The number of rotatable bonds is 9. The Balaban J connectivity index is 2.64. The third-order valence-corrected chi connectivity index (χ3v) is 3.54. The highest BCUT2D eigenvalue weighted by atomic mass is 16.3. The van der Waals surface area contributed by atoms with E-state index >= 15 is 0 Å². The summed E-state index contributed by atoms with van der Waals surface area (Å²) < 4.78 is 0. The van der Waals surface area contributed by atoms with Crippen LogP contribution < -0.4 is 5.73 Å². The monoisotopic (exact) mass is 292 g/mol. The van der Waals surface area contributed by atoms with Crippen LogP contribution in [0.5, 0.6) is 0 Å². The number of nitrogens with two attached hydrogens (primary N) is 1. The Labute approximate surface area is 128 Å². The van der Waals surface area contributed by atoms with Crippen LogP contribution in [0.25, 0.3) is 0 Å². The molecular formula is C17H28N2O2. The van der Waals surface area contributed by atoms with Crippen LogP contribution in [-0.4, -0.2) is 35.6 Å². The fraction of sp³-hybridized carbons (Fsp3) is 0.588. The summed E-state index contributed by atoms with van der Waals surface area (Å²) >= 11 is 0. The first-order valence-corrected chi connectivity index (χ1v) is 7.69. The molecule has 0 heterocycles. The van der Waals surface area contributed by atoms with Crippen LogP contribution in [0, 0.1) is 11.8 Å². The zero-order valence-corrected chi connectivity index (χ0v) is 13.2. The minimum Gasteiger partial charge on any atom is -0.395 e. The lowest BCUT2D eigenvalue weighted by Crippen LogP contribution is -2.35. The summed E-state index contributed by atoms with van der Waals surface area (Å²) in [6.07, 6.45) is 1.42. The zero-order valence-electron chi connectivity index (χ0n) is 13.2. The summed E-state index contributed by atoms with van der Waals surface area (Å²) in [5, 5.41) is 9.18. The molecule has 1 rings (SSSR count). The number of carbonyl (C=O) groups excluding carboxylic acids is 1. The molecule has 0 saturated heterocycles. The van der Waals surface area contributed by atoms with Gasteiger partial charge in [-0.1, -0.05) is 44.2 Å². The van der Waals surface area contributed by atoms with Crippen molar-refractivity contribution in [3.8, 4) is 0 Å². The molecule has 0 aliphatic carbocycles. The number of hydrogen-bond donors (Lipinski definition) is 2. The Morgan fingerprint density at radius 3 is 2.48 bits per heavy atom. The zero-order chi connectivity index (χ0) is 15.7. The Hall–Kier alpha value is -1.39. The lowest BCUT2D eigenvalue weighted by atomic mass is 9.93. The van der Waals surface area contributed by atoms with Crippen molar-refractivity contribution >= 4 is 5.91 Å². The second-order valence-corrected chi connectivity index (χ2v) is 5.96. The lowest BCUT2D eigenvalue weighted by Gasteiger charge is -2.25. The first kappa shape index (κ1) is 17.7. The van der Waals surface area contributed by atoms with Gasteiger partial charge < -0.3 is 15.7 Å². The standard InChI is InChI=1S/C17H28N2O2/c1-14(2)10-16(12-18)11-17(21)19(8-9-20)13-15-6-4-3-5-7-15/h3-7,14,16,20H,8-13,18H2,1-2H3/t16-/m0/s1. The molecule has 0 aliphatic rings. The highest BCUT2D eigenvalue weighted by Gasteiger charge is 2.19. The van der Waals surface area contributed by atoms with Gasteiger partial charge in [0.1, 0.15) is 0 Å². The third-order valence-electron chi connectivity index (χ3n) is 3.54. The number of nitrogens with zero attached hydrogens (tertiary/aromatic N) is 1. The molecule has 1 amide bonds. The van der Waals surface area contributed by atoms with Gasteiger partial charge in [-0.25, -0.2) is 0 Å². The van der Waals surface area contributed by atoms with Crippen LogP contribution in [0.2, 0.25) is 0 Å². The first-order chi connectivity index (χ1) is 10.1. The summed E-state index contributed by atoms with van der Waals surface area (Å²) in [6.45, 7) is 5.70. The maximum absolute atomic E-state index is 12.4. The van der Waals surface area contributed by atoms with Crippen molar-refractivity contribution in [1.82, 2.24) is 4.90 Å². The average molecular weight is 292 g/mol. The minimum atomic E-state index is -0.0178. The number of benzene rings is 1. The summed E-state index contributed by atoms with van der Waals surface area (Å²) in [4.78, 5) is 14.2. The molecule has 21 heavy (non-hydrogen) atoms. The van der Waals surface area contributed by atoms with E-state index in [1.165, 1.54) is 0 Å². The van der Waals surface area contributed by atoms with E-state index < -0.39 is 0 Å². The van der Waals surface area contributed by atoms with Crippen molar-refractivity contribution in [1.29, 1.82) is 0 Å². The Morgan fingerprint density at radius 1 is 1.29 bits per heavy atom. The molecule has 0 bridgehead atoms. The van der Waals surface area contributed by atoms with Crippen molar-refractivity contribution < 1.29 is 9.90 Å².